The largest absolute Gasteiger partial charge is 0.419 e. The van der Waals surface area contributed by atoms with Crippen molar-refractivity contribution in [1.29, 1.82) is 0 Å². The number of hydrogen-bond acceptors (Lipinski definition) is 7. The molecule has 4 N–H and O–H groups in total. The summed E-state index contributed by atoms with van der Waals surface area (Å²) in [6.45, 7) is 1.20. The van der Waals surface area contributed by atoms with E-state index < -0.39 is 47.7 Å². The Kier molecular flexibility index (Phi) is 5.68. The number of aliphatic hydroxyl groups excluding tert-OH is 2. The third kappa shape index (κ3) is 3.86. The number of hydrogen-bond donors (Lipinski definition) is 4. The lowest BCUT2D eigenvalue weighted by molar-refractivity contribution is -0.140. The fraction of sp³-hybridized carbons (Fsp3) is 0.400. The highest BCUT2D eigenvalue weighted by molar-refractivity contribution is 5.74. The van der Waals surface area contributed by atoms with E-state index in [-0.39, 0.29) is 11.1 Å². The molecule has 0 saturated carbocycles. The van der Waals surface area contributed by atoms with Crippen molar-refractivity contribution in [2.45, 2.75) is 43.2 Å². The summed E-state index contributed by atoms with van der Waals surface area (Å²) < 4.78 is 59.8. The number of aromatic nitrogens is 3. The second-order valence-electron chi connectivity index (χ2n) is 7.79. The van der Waals surface area contributed by atoms with Crippen molar-refractivity contribution < 1.29 is 42.5 Å². The summed E-state index contributed by atoms with van der Waals surface area (Å²) in [5.74, 6) is -1.58. The van der Waals surface area contributed by atoms with Crippen molar-refractivity contribution in [3.8, 4) is 0 Å². The summed E-state index contributed by atoms with van der Waals surface area (Å²) in [7, 11) is 1.35. The summed E-state index contributed by atoms with van der Waals surface area (Å²) in [6.07, 6.45) is -8.10. The van der Waals surface area contributed by atoms with Gasteiger partial charge in [0.25, 0.3) is 0 Å². The molecule has 4 rings (SSSR count). The van der Waals surface area contributed by atoms with Crippen LogP contribution in [-0.4, -0.2) is 54.8 Å². The standard InChI is InChI=1S/C20H20F4N4O5/c1-19(31)14(30)18(28-6-5-10-16(27-32-2)25-8-26-17(10)28)33-15(19)13(29)9-3-4-11(12(21)7-9)20(22,23)24/h3-8,13-15,18,29-31H,1-2H3,(H,25,26,27)/t13-,14+,15-,18-,19+/m1/s1. The minimum atomic E-state index is -4.90. The molecule has 0 radical (unpaired) electrons. The van der Waals surface area contributed by atoms with E-state index in [1.165, 1.54) is 31.1 Å². The average Bonchev–Trinajstić information content (AvgIpc) is 3.26. The number of nitrogens with zero attached hydrogens (tertiary/aromatic N) is 3. The zero-order valence-electron chi connectivity index (χ0n) is 17.3. The molecule has 0 spiro atoms. The molecule has 0 aliphatic carbocycles. The maximum absolute atomic E-state index is 14.0. The first-order valence-electron chi connectivity index (χ1n) is 9.68. The molecule has 0 bridgehead atoms. The van der Waals surface area contributed by atoms with Crippen LogP contribution < -0.4 is 5.49 Å². The Hall–Kier alpha value is -3.00. The monoisotopic (exact) mass is 472 g/mol. The number of nitrogens with one attached hydrogen (secondary N) is 1. The van der Waals surface area contributed by atoms with E-state index in [2.05, 4.69) is 15.1 Å². The Morgan fingerprint density at radius 2 is 2.06 bits per heavy atom. The molecular weight excluding hydrogens is 452 g/mol. The maximum atomic E-state index is 14.0. The van der Waals surface area contributed by atoms with E-state index >= 15 is 0 Å². The zero-order chi connectivity index (χ0) is 24.1. The normalized spacial score (nSPS) is 27.3. The predicted molar refractivity (Wildman–Crippen MR) is 104 cm³/mol. The van der Waals surface area contributed by atoms with Gasteiger partial charge < -0.3 is 34.4 Å². The molecule has 0 unspecified atom stereocenters. The van der Waals surface area contributed by atoms with Gasteiger partial charge in [-0.2, -0.15) is 13.2 Å². The van der Waals surface area contributed by atoms with Crippen LogP contribution >= 0.6 is 0 Å². The lowest BCUT2D eigenvalue weighted by Crippen LogP contribution is -2.47. The Bertz CT molecular complexity index is 1240. The summed E-state index contributed by atoms with van der Waals surface area (Å²) >= 11 is 0. The van der Waals surface area contributed by atoms with Crippen molar-refractivity contribution >= 4 is 11.0 Å². The number of H-pyrrole nitrogens is 1. The maximum Gasteiger partial charge on any atom is 0.419 e. The third-order valence-corrected chi connectivity index (χ3v) is 5.65. The highest BCUT2D eigenvalue weighted by atomic mass is 19.4. The van der Waals surface area contributed by atoms with E-state index in [0.29, 0.717) is 23.2 Å². The van der Waals surface area contributed by atoms with Gasteiger partial charge in [0.05, 0.1) is 17.3 Å². The van der Waals surface area contributed by atoms with Gasteiger partial charge in [0.1, 0.15) is 42.5 Å². The van der Waals surface area contributed by atoms with Gasteiger partial charge in [-0.3, -0.25) is 0 Å². The van der Waals surface area contributed by atoms with Crippen LogP contribution in [-0.2, 0) is 15.8 Å². The second-order valence-corrected chi connectivity index (χ2v) is 7.79. The lowest BCUT2D eigenvalue weighted by atomic mass is 9.88. The highest BCUT2D eigenvalue weighted by Gasteiger charge is 2.56. The van der Waals surface area contributed by atoms with Gasteiger partial charge in [-0.25, -0.2) is 9.37 Å². The van der Waals surface area contributed by atoms with Crippen LogP contribution in [0.5, 0.6) is 0 Å². The smallest absolute Gasteiger partial charge is 0.397 e. The second kappa shape index (κ2) is 8.09. The Labute approximate surface area is 183 Å². The van der Waals surface area contributed by atoms with Crippen LogP contribution in [0.3, 0.4) is 0 Å². The van der Waals surface area contributed by atoms with Gasteiger partial charge in [-0.05, 0) is 30.7 Å². The Balaban J connectivity index is 1.69. The predicted octanol–water partition coefficient (Wildman–Crippen LogP) is 1.73. The molecule has 9 nitrogen and oxygen atoms in total. The zero-order valence-corrected chi connectivity index (χ0v) is 17.3. The van der Waals surface area contributed by atoms with Crippen LogP contribution in [0.2, 0.25) is 0 Å². The number of aliphatic hydroxyl groups is 3. The van der Waals surface area contributed by atoms with Gasteiger partial charge in [-0.15, -0.1) is 0 Å². The Morgan fingerprint density at radius 1 is 1.33 bits per heavy atom. The topological polar surface area (TPSA) is 125 Å². The minimum Gasteiger partial charge on any atom is -0.397 e. The molecule has 1 saturated heterocycles. The first-order chi connectivity index (χ1) is 15.5. The number of ether oxygens (including phenoxy) is 1. The third-order valence-electron chi connectivity index (χ3n) is 5.65. The first-order valence-corrected chi connectivity index (χ1v) is 9.68. The quantitative estimate of drug-likeness (QED) is 0.339. The van der Waals surface area contributed by atoms with Crippen molar-refractivity contribution in [2.75, 3.05) is 7.11 Å². The molecule has 3 heterocycles. The number of benzene rings is 1. The van der Waals surface area contributed by atoms with Gasteiger partial charge in [0.2, 0.25) is 5.49 Å². The van der Waals surface area contributed by atoms with E-state index in [4.69, 9.17) is 9.57 Å². The van der Waals surface area contributed by atoms with Gasteiger partial charge in [-0.1, -0.05) is 11.2 Å². The molecule has 2 aromatic heterocycles. The Morgan fingerprint density at radius 3 is 2.70 bits per heavy atom. The van der Waals surface area contributed by atoms with Gasteiger partial charge >= 0.3 is 6.18 Å². The number of fused-ring (bicyclic) bond motifs is 1. The molecule has 0 amide bonds. The molecule has 33 heavy (non-hydrogen) atoms. The lowest BCUT2D eigenvalue weighted by Gasteiger charge is -2.30. The van der Waals surface area contributed by atoms with Crippen LogP contribution in [0.25, 0.3) is 11.0 Å². The molecule has 3 aromatic rings. The molecule has 1 fully saturated rings. The fourth-order valence-corrected chi connectivity index (χ4v) is 3.93. The fourth-order valence-electron chi connectivity index (χ4n) is 3.93. The number of rotatable bonds is 4. The van der Waals surface area contributed by atoms with Crippen LogP contribution in [0, 0.1) is 5.82 Å². The van der Waals surface area contributed by atoms with E-state index in [9.17, 15) is 32.9 Å². The SMILES string of the molecule is CO/N=c1/nc[nH]c2c1ccn2[C@@H]1O[C@H]([C@H](O)c2ccc(C(F)(F)F)c(F)c2)[C@@](C)(O)[C@H]1O. The van der Waals surface area contributed by atoms with Crippen molar-refractivity contribution in [3.63, 3.8) is 0 Å². The molecule has 5 atom stereocenters. The number of halogens is 4. The molecule has 178 valence electrons. The van der Waals surface area contributed by atoms with Crippen molar-refractivity contribution in [3.05, 3.63) is 59.2 Å². The summed E-state index contributed by atoms with van der Waals surface area (Å²) in [5.41, 5.74) is -3.16. The first kappa shape index (κ1) is 23.2. The van der Waals surface area contributed by atoms with Gasteiger partial charge in [0, 0.05) is 6.20 Å². The summed E-state index contributed by atoms with van der Waals surface area (Å²) in [4.78, 5) is 11.6. The molecule has 1 aliphatic heterocycles. The van der Waals surface area contributed by atoms with Crippen LogP contribution in [0.15, 0.2) is 41.9 Å². The molecular formula is C20H20F4N4O5. The highest BCUT2D eigenvalue weighted by Crippen LogP contribution is 2.43. The van der Waals surface area contributed by atoms with E-state index in [1.807, 2.05) is 0 Å². The molecule has 1 aliphatic rings. The molecule has 1 aromatic carbocycles. The van der Waals surface area contributed by atoms with E-state index in [0.717, 1.165) is 6.07 Å². The van der Waals surface area contributed by atoms with Crippen molar-refractivity contribution in [2.24, 2.45) is 5.16 Å². The average molecular weight is 472 g/mol. The van der Waals surface area contributed by atoms with E-state index in [1.54, 1.807) is 6.07 Å². The minimum absolute atomic E-state index is 0.237. The summed E-state index contributed by atoms with van der Waals surface area (Å²) in [5, 5.41) is 36.7. The number of aromatic amines is 1. The number of alkyl halides is 3. The van der Waals surface area contributed by atoms with Gasteiger partial charge in [0.15, 0.2) is 6.23 Å². The molecule has 13 heteroatoms. The summed E-state index contributed by atoms with van der Waals surface area (Å²) in [6, 6.07) is 3.51. The van der Waals surface area contributed by atoms with Crippen molar-refractivity contribution in [1.82, 2.24) is 14.5 Å². The van der Waals surface area contributed by atoms with Crippen LogP contribution in [0.1, 0.15) is 30.4 Å². The van der Waals surface area contributed by atoms with Crippen LogP contribution in [0.4, 0.5) is 17.6 Å².